The first kappa shape index (κ1) is 13.4. The highest BCUT2D eigenvalue weighted by Crippen LogP contribution is 2.35. The normalized spacial score (nSPS) is 20.2. The third-order valence-corrected chi connectivity index (χ3v) is 4.55. The first-order chi connectivity index (χ1) is 9.54. The number of aromatic hydroxyl groups is 1. The number of hydrogen-bond acceptors (Lipinski definition) is 3. The number of aliphatic hydroxyl groups is 1. The maximum absolute atomic E-state index is 12.4. The van der Waals surface area contributed by atoms with Crippen LogP contribution in [0.15, 0.2) is 12.1 Å². The van der Waals surface area contributed by atoms with E-state index in [1.54, 1.807) is 11.0 Å². The number of benzene rings is 1. The summed E-state index contributed by atoms with van der Waals surface area (Å²) in [4.78, 5) is 14.1. The van der Waals surface area contributed by atoms with Gasteiger partial charge >= 0.3 is 0 Å². The van der Waals surface area contributed by atoms with Gasteiger partial charge in [-0.1, -0.05) is 13.0 Å². The van der Waals surface area contributed by atoms with E-state index in [0.29, 0.717) is 18.7 Å². The Morgan fingerprint density at radius 2 is 2.00 bits per heavy atom. The second-order valence-electron chi connectivity index (χ2n) is 6.44. The minimum Gasteiger partial charge on any atom is -0.507 e. The van der Waals surface area contributed by atoms with Gasteiger partial charge in [0.2, 0.25) is 0 Å². The van der Waals surface area contributed by atoms with Gasteiger partial charge in [0.25, 0.3) is 5.91 Å². The van der Waals surface area contributed by atoms with E-state index in [1.165, 1.54) is 5.56 Å². The van der Waals surface area contributed by atoms with E-state index in [1.807, 2.05) is 13.0 Å². The van der Waals surface area contributed by atoms with E-state index in [2.05, 4.69) is 0 Å². The zero-order valence-electron chi connectivity index (χ0n) is 11.9. The fraction of sp³-hybridized carbons (Fsp3) is 0.562. The Labute approximate surface area is 119 Å². The molecule has 0 bridgehead atoms. The Morgan fingerprint density at radius 3 is 2.70 bits per heavy atom. The van der Waals surface area contributed by atoms with Crippen LogP contribution in [0.25, 0.3) is 0 Å². The maximum Gasteiger partial charge on any atom is 0.257 e. The van der Waals surface area contributed by atoms with Crippen molar-refractivity contribution in [2.24, 2.45) is 5.41 Å². The van der Waals surface area contributed by atoms with Gasteiger partial charge in [-0.2, -0.15) is 0 Å². The number of carbonyl (C=O) groups is 1. The van der Waals surface area contributed by atoms with Crippen molar-refractivity contribution in [2.45, 2.75) is 32.6 Å². The van der Waals surface area contributed by atoms with Gasteiger partial charge in [-0.3, -0.25) is 4.79 Å². The van der Waals surface area contributed by atoms with Crippen molar-refractivity contribution in [3.05, 3.63) is 28.8 Å². The molecule has 1 aliphatic carbocycles. The predicted molar refractivity (Wildman–Crippen MR) is 75.8 cm³/mol. The standard InChI is InChI=1S/C16H21NO3/c1-16(10-18)8-17(9-16)15(20)13-7-6-11-4-2-3-5-12(11)14(13)19/h6-7,18-19H,2-5,8-10H2,1H3. The van der Waals surface area contributed by atoms with Gasteiger partial charge < -0.3 is 15.1 Å². The summed E-state index contributed by atoms with van der Waals surface area (Å²) in [7, 11) is 0. The summed E-state index contributed by atoms with van der Waals surface area (Å²) in [5.41, 5.74) is 2.35. The van der Waals surface area contributed by atoms with Crippen LogP contribution in [0.4, 0.5) is 0 Å². The molecule has 1 aromatic carbocycles. The number of aliphatic hydroxyl groups excluding tert-OH is 1. The molecule has 1 heterocycles. The van der Waals surface area contributed by atoms with E-state index >= 15 is 0 Å². The molecule has 108 valence electrons. The second-order valence-corrected chi connectivity index (χ2v) is 6.44. The molecule has 0 radical (unpaired) electrons. The van der Waals surface area contributed by atoms with Gasteiger partial charge in [-0.05, 0) is 42.9 Å². The summed E-state index contributed by atoms with van der Waals surface area (Å²) < 4.78 is 0. The zero-order valence-corrected chi connectivity index (χ0v) is 11.9. The molecule has 4 heteroatoms. The number of hydrogen-bond donors (Lipinski definition) is 2. The Balaban J connectivity index is 1.83. The molecular formula is C16H21NO3. The molecule has 4 nitrogen and oxygen atoms in total. The fourth-order valence-electron chi connectivity index (χ4n) is 3.27. The summed E-state index contributed by atoms with van der Waals surface area (Å²) in [6.07, 6.45) is 4.07. The summed E-state index contributed by atoms with van der Waals surface area (Å²) in [5.74, 6) is 0.0478. The lowest BCUT2D eigenvalue weighted by atomic mass is 9.82. The first-order valence-electron chi connectivity index (χ1n) is 7.28. The molecule has 0 atom stereocenters. The molecule has 1 amide bonds. The van der Waals surface area contributed by atoms with Gasteiger partial charge in [0.15, 0.2) is 0 Å². The van der Waals surface area contributed by atoms with Crippen molar-refractivity contribution >= 4 is 5.91 Å². The highest BCUT2D eigenvalue weighted by atomic mass is 16.3. The van der Waals surface area contributed by atoms with Crippen molar-refractivity contribution in [2.75, 3.05) is 19.7 Å². The summed E-state index contributed by atoms with van der Waals surface area (Å²) in [6.45, 7) is 3.16. The lowest BCUT2D eigenvalue weighted by molar-refractivity contribution is -0.0154. The Morgan fingerprint density at radius 1 is 1.30 bits per heavy atom. The molecule has 1 fully saturated rings. The molecule has 1 aliphatic heterocycles. The lowest BCUT2D eigenvalue weighted by Gasteiger charge is -2.47. The van der Waals surface area contributed by atoms with Gasteiger partial charge in [0.1, 0.15) is 5.75 Å². The third kappa shape index (κ3) is 2.08. The van der Waals surface area contributed by atoms with Crippen LogP contribution in [-0.2, 0) is 12.8 Å². The predicted octanol–water partition coefficient (Wildman–Crippen LogP) is 1.73. The van der Waals surface area contributed by atoms with Crippen LogP contribution in [-0.4, -0.2) is 40.7 Å². The Hall–Kier alpha value is -1.55. The van der Waals surface area contributed by atoms with Crippen LogP contribution in [0, 0.1) is 5.41 Å². The number of fused-ring (bicyclic) bond motifs is 1. The van der Waals surface area contributed by atoms with Gasteiger partial charge in [-0.25, -0.2) is 0 Å². The molecule has 0 spiro atoms. The van der Waals surface area contributed by atoms with Crippen molar-refractivity contribution in [1.82, 2.24) is 4.90 Å². The minimum atomic E-state index is -0.181. The average molecular weight is 275 g/mol. The summed E-state index contributed by atoms with van der Waals surface area (Å²) in [6, 6.07) is 3.73. The Kier molecular flexibility index (Phi) is 3.21. The van der Waals surface area contributed by atoms with Crippen molar-refractivity contribution < 1.29 is 15.0 Å². The first-order valence-corrected chi connectivity index (χ1v) is 7.28. The molecule has 20 heavy (non-hydrogen) atoms. The number of nitrogens with zero attached hydrogens (tertiary/aromatic N) is 1. The highest BCUT2D eigenvalue weighted by Gasteiger charge is 2.41. The van der Waals surface area contributed by atoms with Gasteiger partial charge in [0.05, 0.1) is 12.2 Å². The van der Waals surface area contributed by atoms with Crippen LogP contribution >= 0.6 is 0 Å². The molecule has 1 saturated heterocycles. The average Bonchev–Trinajstić information content (AvgIpc) is 2.44. The highest BCUT2D eigenvalue weighted by molar-refractivity contribution is 5.98. The zero-order chi connectivity index (χ0) is 14.3. The van der Waals surface area contributed by atoms with Crippen LogP contribution in [0.3, 0.4) is 0 Å². The number of carbonyl (C=O) groups excluding carboxylic acids is 1. The van der Waals surface area contributed by atoms with Crippen LogP contribution in [0.5, 0.6) is 5.75 Å². The Bertz CT molecular complexity index is 547. The largest absolute Gasteiger partial charge is 0.507 e. The van der Waals surface area contributed by atoms with Crippen molar-refractivity contribution in [1.29, 1.82) is 0 Å². The van der Waals surface area contributed by atoms with E-state index in [9.17, 15) is 15.0 Å². The van der Waals surface area contributed by atoms with E-state index < -0.39 is 0 Å². The SMILES string of the molecule is CC1(CO)CN(C(=O)c2ccc3c(c2O)CCCC3)C1. The quantitative estimate of drug-likeness (QED) is 0.864. The second kappa shape index (κ2) is 4.77. The topological polar surface area (TPSA) is 60.8 Å². The molecular weight excluding hydrogens is 254 g/mol. The summed E-state index contributed by atoms with van der Waals surface area (Å²) >= 11 is 0. The number of amides is 1. The third-order valence-electron chi connectivity index (χ3n) is 4.55. The van der Waals surface area contributed by atoms with Crippen LogP contribution < -0.4 is 0 Å². The molecule has 2 aliphatic rings. The number of phenols is 1. The van der Waals surface area contributed by atoms with Crippen molar-refractivity contribution in [3.63, 3.8) is 0 Å². The molecule has 0 aromatic heterocycles. The molecule has 3 rings (SSSR count). The molecule has 0 saturated carbocycles. The number of aryl methyl sites for hydroxylation is 1. The number of likely N-dealkylation sites (tertiary alicyclic amines) is 1. The van der Waals surface area contributed by atoms with E-state index in [-0.39, 0.29) is 23.7 Å². The van der Waals surface area contributed by atoms with Crippen molar-refractivity contribution in [3.8, 4) is 5.75 Å². The minimum absolute atomic E-state index is 0.0902. The van der Waals surface area contributed by atoms with Crippen LogP contribution in [0.2, 0.25) is 0 Å². The monoisotopic (exact) mass is 275 g/mol. The lowest BCUT2D eigenvalue weighted by Crippen LogP contribution is -2.58. The summed E-state index contributed by atoms with van der Waals surface area (Å²) in [5, 5.41) is 19.6. The molecule has 1 aromatic rings. The molecule has 2 N–H and O–H groups in total. The number of phenolic OH excluding ortho intramolecular Hbond substituents is 1. The van der Waals surface area contributed by atoms with Gasteiger partial charge in [-0.15, -0.1) is 0 Å². The van der Waals surface area contributed by atoms with Gasteiger partial charge in [0, 0.05) is 18.5 Å². The maximum atomic E-state index is 12.4. The van der Waals surface area contributed by atoms with E-state index in [4.69, 9.17) is 0 Å². The smallest absolute Gasteiger partial charge is 0.257 e. The number of rotatable bonds is 2. The molecule has 0 unspecified atom stereocenters. The fourth-order valence-corrected chi connectivity index (χ4v) is 3.27. The van der Waals surface area contributed by atoms with E-state index in [0.717, 1.165) is 31.2 Å². The van der Waals surface area contributed by atoms with Crippen LogP contribution in [0.1, 0.15) is 41.3 Å².